The molecule has 1 aromatic carbocycles. The van der Waals surface area contributed by atoms with Gasteiger partial charge in [-0.1, -0.05) is 18.2 Å². The second-order valence-corrected chi connectivity index (χ2v) is 2.60. The lowest BCUT2D eigenvalue weighted by Crippen LogP contribution is -2.09. The molecule has 0 fully saturated rings. The van der Waals surface area contributed by atoms with E-state index in [2.05, 4.69) is 10.2 Å². The number of rotatable bonds is 1. The van der Waals surface area contributed by atoms with Crippen LogP contribution in [0.25, 0.3) is 0 Å². The van der Waals surface area contributed by atoms with Crippen LogP contribution < -0.4 is 5.73 Å². The van der Waals surface area contributed by atoms with E-state index in [4.69, 9.17) is 5.73 Å². The highest BCUT2D eigenvalue weighted by Crippen LogP contribution is 1.94. The Balaban J connectivity index is 0.000000162. The summed E-state index contributed by atoms with van der Waals surface area (Å²) in [4.78, 5) is 20.3. The summed E-state index contributed by atoms with van der Waals surface area (Å²) >= 11 is 0. The maximum absolute atomic E-state index is 10.4. The second kappa shape index (κ2) is 5.43. The first-order valence-corrected chi connectivity index (χ1v) is 4.16. The van der Waals surface area contributed by atoms with Gasteiger partial charge in [0.05, 0.1) is 6.20 Å². The van der Waals surface area contributed by atoms with Gasteiger partial charge in [0, 0.05) is 11.6 Å². The molecule has 1 aliphatic heterocycles. The topological polar surface area (TPSA) is 84.9 Å². The second-order valence-electron chi connectivity index (χ2n) is 2.60. The molecule has 0 bridgehead atoms. The molecule has 2 amide bonds. The van der Waals surface area contributed by atoms with Crippen molar-refractivity contribution >= 4 is 11.8 Å². The first-order chi connectivity index (χ1) is 7.20. The first-order valence-electron chi connectivity index (χ1n) is 4.16. The van der Waals surface area contributed by atoms with E-state index in [0.717, 1.165) is 0 Å². The van der Waals surface area contributed by atoms with Gasteiger partial charge in [0.25, 0.3) is 5.91 Å². The van der Waals surface area contributed by atoms with Crippen molar-refractivity contribution in [2.75, 3.05) is 0 Å². The third-order valence-corrected chi connectivity index (χ3v) is 1.50. The van der Waals surface area contributed by atoms with Crippen molar-refractivity contribution < 1.29 is 9.59 Å². The highest BCUT2D eigenvalue weighted by atomic mass is 16.2. The number of hydrogen-bond acceptors (Lipinski definition) is 3. The molecule has 1 heterocycles. The number of nitrogens with zero attached hydrogens (tertiary/aromatic N) is 2. The Hall–Kier alpha value is -2.30. The quantitative estimate of drug-likeness (QED) is 0.745. The van der Waals surface area contributed by atoms with Crippen LogP contribution in [0.1, 0.15) is 10.4 Å². The van der Waals surface area contributed by atoms with Crippen LogP contribution >= 0.6 is 0 Å². The van der Waals surface area contributed by atoms with Gasteiger partial charge < -0.3 is 5.73 Å². The van der Waals surface area contributed by atoms with Crippen molar-refractivity contribution in [3.05, 3.63) is 48.2 Å². The minimum atomic E-state index is -0.379. The van der Waals surface area contributed by atoms with Gasteiger partial charge in [-0.15, -0.1) is 5.11 Å². The SMILES string of the molecule is NC(=O)c1ccccc1.O=C1C=CN=N1. The summed E-state index contributed by atoms with van der Waals surface area (Å²) in [7, 11) is 0. The molecular formula is C10H9N3O2. The predicted octanol–water partition coefficient (Wildman–Crippen LogP) is 1.28. The molecule has 76 valence electrons. The molecule has 5 nitrogen and oxygen atoms in total. The molecule has 2 N–H and O–H groups in total. The zero-order valence-electron chi connectivity index (χ0n) is 7.83. The monoisotopic (exact) mass is 203 g/mol. The average molecular weight is 203 g/mol. The van der Waals surface area contributed by atoms with Crippen molar-refractivity contribution in [1.82, 2.24) is 0 Å². The Morgan fingerprint density at radius 3 is 2.13 bits per heavy atom. The molecule has 5 heteroatoms. The number of nitrogens with two attached hydrogens (primary N) is 1. The van der Waals surface area contributed by atoms with Gasteiger partial charge in [0.1, 0.15) is 0 Å². The smallest absolute Gasteiger partial charge is 0.289 e. The van der Waals surface area contributed by atoms with Gasteiger partial charge in [-0.2, -0.15) is 5.11 Å². The Kier molecular flexibility index (Phi) is 3.91. The van der Waals surface area contributed by atoms with Crippen LogP contribution in [0.5, 0.6) is 0 Å². The molecule has 0 saturated carbocycles. The zero-order valence-corrected chi connectivity index (χ0v) is 7.83. The molecule has 2 rings (SSSR count). The minimum absolute atomic E-state index is 0.269. The van der Waals surface area contributed by atoms with Crippen LogP contribution in [0.15, 0.2) is 52.8 Å². The normalized spacial score (nSPS) is 12.1. The van der Waals surface area contributed by atoms with Gasteiger partial charge in [0.2, 0.25) is 5.91 Å². The summed E-state index contributed by atoms with van der Waals surface area (Å²) in [6.45, 7) is 0. The molecule has 0 spiro atoms. The molecule has 0 radical (unpaired) electrons. The van der Waals surface area contributed by atoms with Gasteiger partial charge >= 0.3 is 0 Å². The minimum Gasteiger partial charge on any atom is -0.366 e. The molecule has 1 aliphatic rings. The lowest BCUT2D eigenvalue weighted by atomic mass is 10.2. The Bertz CT molecular complexity index is 396. The van der Waals surface area contributed by atoms with Crippen molar-refractivity contribution in [1.29, 1.82) is 0 Å². The highest BCUT2D eigenvalue weighted by molar-refractivity contribution is 5.92. The van der Waals surface area contributed by atoms with Gasteiger partial charge in [-0.05, 0) is 12.1 Å². The van der Waals surface area contributed by atoms with Crippen LogP contribution in [-0.2, 0) is 4.79 Å². The van der Waals surface area contributed by atoms with E-state index in [0.29, 0.717) is 5.56 Å². The van der Waals surface area contributed by atoms with Gasteiger partial charge in [0.15, 0.2) is 0 Å². The number of carbonyl (C=O) groups is 2. The van der Waals surface area contributed by atoms with E-state index in [1.807, 2.05) is 6.07 Å². The highest BCUT2D eigenvalue weighted by Gasteiger charge is 1.93. The maximum atomic E-state index is 10.4. The van der Waals surface area contributed by atoms with Crippen LogP contribution in [0.2, 0.25) is 0 Å². The summed E-state index contributed by atoms with van der Waals surface area (Å²) in [5.74, 6) is -0.648. The van der Waals surface area contributed by atoms with E-state index in [1.54, 1.807) is 24.3 Å². The van der Waals surface area contributed by atoms with E-state index >= 15 is 0 Å². The fraction of sp³-hybridized carbons (Fsp3) is 0. The molecule has 1 aromatic rings. The number of carbonyl (C=O) groups excluding carboxylic acids is 2. The molecule has 0 aliphatic carbocycles. The van der Waals surface area contributed by atoms with E-state index < -0.39 is 0 Å². The van der Waals surface area contributed by atoms with E-state index in [1.165, 1.54) is 12.3 Å². The average Bonchev–Trinajstić information content (AvgIpc) is 2.71. The fourth-order valence-electron chi connectivity index (χ4n) is 0.823. The predicted molar refractivity (Wildman–Crippen MR) is 54.0 cm³/mol. The van der Waals surface area contributed by atoms with E-state index in [9.17, 15) is 9.59 Å². The van der Waals surface area contributed by atoms with Crippen molar-refractivity contribution in [3.63, 3.8) is 0 Å². The number of benzene rings is 1. The Morgan fingerprint density at radius 2 is 1.87 bits per heavy atom. The van der Waals surface area contributed by atoms with Gasteiger partial charge in [-0.25, -0.2) is 0 Å². The summed E-state index contributed by atoms with van der Waals surface area (Å²) in [6, 6.07) is 8.76. The molecule has 15 heavy (non-hydrogen) atoms. The van der Waals surface area contributed by atoms with Gasteiger partial charge in [-0.3, -0.25) is 9.59 Å². The number of azo groups is 1. The summed E-state index contributed by atoms with van der Waals surface area (Å²) in [5, 5.41) is 6.37. The molecular weight excluding hydrogens is 194 g/mol. The van der Waals surface area contributed by atoms with Crippen LogP contribution in [0.4, 0.5) is 0 Å². The summed E-state index contributed by atoms with van der Waals surface area (Å²) < 4.78 is 0. The molecule has 0 unspecified atom stereocenters. The van der Waals surface area contributed by atoms with Crippen LogP contribution in [-0.4, -0.2) is 11.8 Å². The number of hydrogen-bond donors (Lipinski definition) is 1. The molecule has 0 atom stereocenters. The number of primary amides is 1. The Morgan fingerprint density at radius 1 is 1.20 bits per heavy atom. The summed E-state index contributed by atoms with van der Waals surface area (Å²) in [6.07, 6.45) is 2.67. The van der Waals surface area contributed by atoms with Crippen molar-refractivity contribution in [3.8, 4) is 0 Å². The van der Waals surface area contributed by atoms with Crippen LogP contribution in [0.3, 0.4) is 0 Å². The van der Waals surface area contributed by atoms with Crippen molar-refractivity contribution in [2.45, 2.75) is 0 Å². The third-order valence-electron chi connectivity index (χ3n) is 1.50. The van der Waals surface area contributed by atoms with Crippen LogP contribution in [0, 0.1) is 0 Å². The Labute approximate surface area is 86.3 Å². The standard InChI is InChI=1S/C7H7NO.C3H2N2O/c8-7(9)6-4-2-1-3-5-6;6-3-1-2-4-5-3/h1-5H,(H2,8,9);1-2H. The molecule has 0 aromatic heterocycles. The zero-order chi connectivity index (χ0) is 11.1. The van der Waals surface area contributed by atoms with Crippen molar-refractivity contribution in [2.24, 2.45) is 16.0 Å². The number of amides is 2. The lowest BCUT2D eigenvalue weighted by Gasteiger charge is -1.89. The largest absolute Gasteiger partial charge is 0.366 e. The third kappa shape index (κ3) is 3.95. The lowest BCUT2D eigenvalue weighted by molar-refractivity contribution is -0.113. The fourth-order valence-corrected chi connectivity index (χ4v) is 0.823. The van der Waals surface area contributed by atoms with E-state index in [-0.39, 0.29) is 11.8 Å². The maximum Gasteiger partial charge on any atom is 0.289 e. The molecule has 0 saturated heterocycles. The summed E-state index contributed by atoms with van der Waals surface area (Å²) in [5.41, 5.74) is 5.53. The first kappa shape index (κ1) is 10.8.